The van der Waals surface area contributed by atoms with Gasteiger partial charge in [0.15, 0.2) is 5.69 Å². The van der Waals surface area contributed by atoms with Crippen molar-refractivity contribution in [2.45, 2.75) is 32.9 Å². The Balaban J connectivity index is 1.85. The van der Waals surface area contributed by atoms with Crippen LogP contribution in [0.15, 0.2) is 59.3 Å². The van der Waals surface area contributed by atoms with Gasteiger partial charge < -0.3 is 4.57 Å². The van der Waals surface area contributed by atoms with Gasteiger partial charge in [-0.05, 0) is 37.6 Å². The fourth-order valence-corrected chi connectivity index (χ4v) is 3.82. The van der Waals surface area contributed by atoms with E-state index in [1.807, 2.05) is 32.0 Å². The lowest BCUT2D eigenvalue weighted by Gasteiger charge is -2.17. The zero-order chi connectivity index (χ0) is 22.3. The predicted octanol–water partition coefficient (Wildman–Crippen LogP) is 6.00. The second-order valence-electron chi connectivity index (χ2n) is 7.38. The van der Waals surface area contributed by atoms with Gasteiger partial charge in [-0.1, -0.05) is 57.9 Å². The van der Waals surface area contributed by atoms with Crippen molar-refractivity contribution >= 4 is 15.9 Å². The molecule has 4 aromatic rings. The molecule has 2 aromatic carbocycles. The fourth-order valence-electron chi connectivity index (χ4n) is 3.47. The highest BCUT2D eigenvalue weighted by Gasteiger charge is 2.34. The van der Waals surface area contributed by atoms with Gasteiger partial charge in [-0.3, -0.25) is 0 Å². The van der Waals surface area contributed by atoms with Crippen LogP contribution in [-0.2, 0) is 6.18 Å². The second kappa shape index (κ2) is 7.96. The smallest absolute Gasteiger partial charge is 0.301 e. The first-order valence-electron chi connectivity index (χ1n) is 9.56. The van der Waals surface area contributed by atoms with Gasteiger partial charge in [-0.2, -0.15) is 13.2 Å². The molecule has 0 aliphatic carbocycles. The number of aromatic nitrogens is 5. The first-order valence-corrected chi connectivity index (χ1v) is 10.3. The van der Waals surface area contributed by atoms with E-state index in [4.69, 9.17) is 0 Å². The van der Waals surface area contributed by atoms with E-state index >= 15 is 0 Å². The van der Waals surface area contributed by atoms with Crippen LogP contribution in [0.1, 0.15) is 41.2 Å². The van der Waals surface area contributed by atoms with Gasteiger partial charge in [0.1, 0.15) is 5.82 Å². The van der Waals surface area contributed by atoms with Crippen LogP contribution < -0.4 is 0 Å². The van der Waals surface area contributed by atoms with E-state index in [0.717, 1.165) is 27.5 Å². The topological polar surface area (TPSA) is 48.5 Å². The molecule has 0 aliphatic heterocycles. The largest absolute Gasteiger partial charge is 0.434 e. The summed E-state index contributed by atoms with van der Waals surface area (Å²) < 4.78 is 43.5. The van der Waals surface area contributed by atoms with Crippen molar-refractivity contribution in [1.82, 2.24) is 24.5 Å². The Morgan fingerprint density at radius 3 is 2.35 bits per heavy atom. The minimum Gasteiger partial charge on any atom is -0.301 e. The average Bonchev–Trinajstić information content (AvgIpc) is 3.35. The fraction of sp³-hybridized carbons (Fsp3) is 0.227. The van der Waals surface area contributed by atoms with Crippen LogP contribution >= 0.6 is 15.9 Å². The molecule has 0 amide bonds. The van der Waals surface area contributed by atoms with E-state index in [0.29, 0.717) is 11.4 Å². The predicted molar refractivity (Wildman–Crippen MR) is 115 cm³/mol. The molecule has 31 heavy (non-hydrogen) atoms. The van der Waals surface area contributed by atoms with Gasteiger partial charge in [0.25, 0.3) is 0 Å². The van der Waals surface area contributed by atoms with Crippen molar-refractivity contribution in [2.75, 3.05) is 0 Å². The molecule has 5 nitrogen and oxygen atoms in total. The number of hydrogen-bond donors (Lipinski definition) is 0. The summed E-state index contributed by atoms with van der Waals surface area (Å²) in [5.74, 6) is 0.196. The maximum absolute atomic E-state index is 13.2. The van der Waals surface area contributed by atoms with E-state index in [1.54, 1.807) is 23.0 Å². The van der Waals surface area contributed by atoms with Gasteiger partial charge in [-0.15, -0.1) is 5.10 Å². The molecular weight excluding hydrogens is 471 g/mol. The van der Waals surface area contributed by atoms with Gasteiger partial charge in [0, 0.05) is 16.6 Å². The summed E-state index contributed by atoms with van der Waals surface area (Å²) in [5, 5.41) is 8.34. The van der Waals surface area contributed by atoms with E-state index in [9.17, 15) is 13.2 Å². The highest BCUT2D eigenvalue weighted by molar-refractivity contribution is 9.10. The maximum Gasteiger partial charge on any atom is 0.434 e. The van der Waals surface area contributed by atoms with Gasteiger partial charge in [0.2, 0.25) is 0 Å². The zero-order valence-corrected chi connectivity index (χ0v) is 18.6. The van der Waals surface area contributed by atoms with E-state index in [1.165, 1.54) is 11.5 Å². The highest BCUT2D eigenvalue weighted by atomic mass is 79.9. The number of halogens is 4. The Morgan fingerprint density at radius 1 is 1.00 bits per heavy atom. The molecule has 4 rings (SSSR count). The van der Waals surface area contributed by atoms with Gasteiger partial charge in [-0.25, -0.2) is 9.67 Å². The average molecular weight is 490 g/mol. The molecule has 1 unspecified atom stereocenters. The monoisotopic (exact) mass is 489 g/mol. The second-order valence-corrected chi connectivity index (χ2v) is 8.29. The molecule has 1 atom stereocenters. The van der Waals surface area contributed by atoms with Crippen LogP contribution in [0.3, 0.4) is 0 Å². The van der Waals surface area contributed by atoms with E-state index < -0.39 is 11.9 Å². The van der Waals surface area contributed by atoms with Crippen LogP contribution in [-0.4, -0.2) is 24.5 Å². The number of benzene rings is 2. The number of aryl methyl sites for hydroxylation is 2. The molecule has 9 heteroatoms. The summed E-state index contributed by atoms with van der Waals surface area (Å²) in [4.78, 5) is 3.70. The normalized spacial score (nSPS) is 12.9. The number of imidazole rings is 1. The Labute approximate surface area is 185 Å². The van der Waals surface area contributed by atoms with Crippen LogP contribution in [0, 0.1) is 13.8 Å². The molecule has 0 spiro atoms. The molecular formula is C22H19BrF3N5. The molecule has 0 aliphatic rings. The molecule has 0 fully saturated rings. The summed E-state index contributed by atoms with van der Waals surface area (Å²) in [5.41, 5.74) is 3.24. The maximum atomic E-state index is 13.2. The van der Waals surface area contributed by atoms with Crippen molar-refractivity contribution in [3.8, 4) is 11.4 Å². The van der Waals surface area contributed by atoms with E-state index in [-0.39, 0.29) is 11.7 Å². The number of nitrogens with zero attached hydrogens (tertiary/aromatic N) is 5. The molecule has 0 saturated heterocycles. The first-order chi connectivity index (χ1) is 14.6. The number of hydrogen-bond acceptors (Lipinski definition) is 3. The lowest BCUT2D eigenvalue weighted by atomic mass is 9.97. The molecule has 0 N–H and O–H groups in total. The van der Waals surface area contributed by atoms with Crippen molar-refractivity contribution in [3.05, 3.63) is 87.7 Å². The van der Waals surface area contributed by atoms with Crippen LogP contribution in [0.25, 0.3) is 11.4 Å². The third-order valence-electron chi connectivity index (χ3n) is 5.19. The van der Waals surface area contributed by atoms with Crippen molar-refractivity contribution in [3.63, 3.8) is 0 Å². The number of rotatable bonds is 4. The lowest BCUT2D eigenvalue weighted by molar-refractivity contribution is -0.141. The number of alkyl halides is 3. The standard InChI is InChI=1S/C22H19BrF3N5/c1-13-4-6-16(7-5-13)14(2)20-11-27-29-31(20)19-10-17(23)8-9-18(19)30-12-21(22(24,25)26)28-15(30)3/h4-12,14H,1-3H3. The molecule has 2 aromatic heterocycles. The Bertz CT molecular complexity index is 1220. The molecule has 0 radical (unpaired) electrons. The Kier molecular flexibility index (Phi) is 5.47. The van der Waals surface area contributed by atoms with Crippen LogP contribution in [0.5, 0.6) is 0 Å². The third kappa shape index (κ3) is 4.14. The summed E-state index contributed by atoms with van der Waals surface area (Å²) >= 11 is 3.46. The van der Waals surface area contributed by atoms with Crippen molar-refractivity contribution in [1.29, 1.82) is 0 Å². The minimum atomic E-state index is -4.52. The van der Waals surface area contributed by atoms with Crippen molar-refractivity contribution < 1.29 is 13.2 Å². The molecule has 160 valence electrons. The zero-order valence-electron chi connectivity index (χ0n) is 17.0. The molecule has 0 saturated carbocycles. The highest BCUT2D eigenvalue weighted by Crippen LogP contribution is 2.33. The lowest BCUT2D eigenvalue weighted by Crippen LogP contribution is -2.11. The van der Waals surface area contributed by atoms with Crippen molar-refractivity contribution in [2.24, 2.45) is 0 Å². The molecule has 2 heterocycles. The van der Waals surface area contributed by atoms with Crippen LogP contribution in [0.4, 0.5) is 13.2 Å². The summed E-state index contributed by atoms with van der Waals surface area (Å²) in [6.45, 7) is 5.61. The van der Waals surface area contributed by atoms with Crippen LogP contribution in [0.2, 0.25) is 0 Å². The van der Waals surface area contributed by atoms with E-state index in [2.05, 4.69) is 43.4 Å². The summed E-state index contributed by atoms with van der Waals surface area (Å²) in [7, 11) is 0. The molecule has 0 bridgehead atoms. The minimum absolute atomic E-state index is 0.0305. The van der Waals surface area contributed by atoms with Gasteiger partial charge in [0.05, 0.1) is 23.3 Å². The SMILES string of the molecule is Cc1ccc(C(C)c2cnnn2-c2cc(Br)ccc2-n2cc(C(F)(F)F)nc2C)cc1. The van der Waals surface area contributed by atoms with Gasteiger partial charge >= 0.3 is 6.18 Å². The third-order valence-corrected chi connectivity index (χ3v) is 5.69. The summed E-state index contributed by atoms with van der Waals surface area (Å²) in [6, 6.07) is 13.5. The first kappa shape index (κ1) is 21.3. The Hall–Kier alpha value is -2.94. The summed E-state index contributed by atoms with van der Waals surface area (Å²) in [6.07, 6.45) is -1.84. The quantitative estimate of drug-likeness (QED) is 0.353. The Morgan fingerprint density at radius 2 is 1.71 bits per heavy atom.